The van der Waals surface area contributed by atoms with E-state index in [-0.39, 0.29) is 11.6 Å². The molecule has 0 aliphatic rings. The molecular formula is C13H8BrF2N3. The third-order valence-corrected chi connectivity index (χ3v) is 3.28. The maximum Gasteiger partial charge on any atom is 0.206 e. The van der Waals surface area contributed by atoms with Crippen molar-refractivity contribution in [2.45, 2.75) is 0 Å². The number of halogens is 3. The van der Waals surface area contributed by atoms with Crippen LogP contribution in [-0.2, 0) is 0 Å². The summed E-state index contributed by atoms with van der Waals surface area (Å²) in [6, 6.07) is 8.51. The molecule has 19 heavy (non-hydrogen) atoms. The van der Waals surface area contributed by atoms with Gasteiger partial charge in [0.15, 0.2) is 0 Å². The molecule has 0 amide bonds. The van der Waals surface area contributed by atoms with Crippen LogP contribution < -0.4 is 5.73 Å². The highest BCUT2D eigenvalue weighted by molar-refractivity contribution is 9.10. The molecule has 0 fully saturated rings. The molecule has 0 spiro atoms. The zero-order valence-corrected chi connectivity index (χ0v) is 11.2. The third kappa shape index (κ3) is 1.98. The maximum atomic E-state index is 13.8. The third-order valence-electron chi connectivity index (χ3n) is 2.79. The van der Waals surface area contributed by atoms with E-state index in [1.54, 1.807) is 18.2 Å². The second-order valence-electron chi connectivity index (χ2n) is 4.03. The van der Waals surface area contributed by atoms with Crippen molar-refractivity contribution >= 4 is 32.9 Å². The van der Waals surface area contributed by atoms with E-state index in [1.807, 2.05) is 0 Å². The van der Waals surface area contributed by atoms with Crippen LogP contribution in [0, 0.1) is 11.6 Å². The number of anilines is 1. The van der Waals surface area contributed by atoms with Crippen molar-refractivity contribution in [3.63, 3.8) is 0 Å². The molecule has 0 atom stereocenters. The molecule has 0 unspecified atom stereocenters. The number of benzene rings is 2. The van der Waals surface area contributed by atoms with Crippen LogP contribution in [-0.4, -0.2) is 9.55 Å². The summed E-state index contributed by atoms with van der Waals surface area (Å²) in [5.74, 6) is -0.984. The van der Waals surface area contributed by atoms with Gasteiger partial charge < -0.3 is 5.73 Å². The number of hydrogen-bond donors (Lipinski definition) is 1. The molecular weight excluding hydrogens is 316 g/mol. The second-order valence-corrected chi connectivity index (χ2v) is 4.95. The van der Waals surface area contributed by atoms with Crippen LogP contribution in [0.4, 0.5) is 14.7 Å². The molecule has 0 aliphatic carbocycles. The summed E-state index contributed by atoms with van der Waals surface area (Å²) in [4.78, 5) is 4.14. The molecule has 3 rings (SSSR count). The molecule has 0 bridgehead atoms. The molecule has 0 aliphatic heterocycles. The van der Waals surface area contributed by atoms with Gasteiger partial charge in [0, 0.05) is 10.5 Å². The first-order chi connectivity index (χ1) is 9.06. The van der Waals surface area contributed by atoms with Gasteiger partial charge in [0.2, 0.25) is 5.95 Å². The minimum absolute atomic E-state index is 0.0438. The predicted molar refractivity (Wildman–Crippen MR) is 73.1 cm³/mol. The Hall–Kier alpha value is -1.95. The molecule has 2 N–H and O–H groups in total. The van der Waals surface area contributed by atoms with Crippen molar-refractivity contribution in [3.8, 4) is 5.69 Å². The second kappa shape index (κ2) is 4.31. The number of imidazole rings is 1. The number of rotatable bonds is 1. The van der Waals surface area contributed by atoms with Gasteiger partial charge in [-0.3, -0.25) is 4.57 Å². The molecule has 0 radical (unpaired) electrons. The molecule has 6 heteroatoms. The lowest BCUT2D eigenvalue weighted by Gasteiger charge is -2.07. The smallest absolute Gasteiger partial charge is 0.206 e. The summed E-state index contributed by atoms with van der Waals surface area (Å²) in [6.07, 6.45) is 0. The van der Waals surface area contributed by atoms with Gasteiger partial charge in [-0.1, -0.05) is 15.9 Å². The normalized spacial score (nSPS) is 11.1. The van der Waals surface area contributed by atoms with Crippen molar-refractivity contribution < 1.29 is 8.78 Å². The monoisotopic (exact) mass is 323 g/mol. The van der Waals surface area contributed by atoms with Crippen LogP contribution in [0.25, 0.3) is 16.7 Å². The Morgan fingerprint density at radius 3 is 2.68 bits per heavy atom. The lowest BCUT2D eigenvalue weighted by Crippen LogP contribution is -2.03. The van der Waals surface area contributed by atoms with E-state index in [9.17, 15) is 8.78 Å². The van der Waals surface area contributed by atoms with E-state index >= 15 is 0 Å². The lowest BCUT2D eigenvalue weighted by atomic mass is 10.2. The molecule has 1 heterocycles. The average Bonchev–Trinajstić information content (AvgIpc) is 2.67. The molecule has 3 aromatic rings. The Bertz CT molecular complexity index is 783. The van der Waals surface area contributed by atoms with E-state index in [4.69, 9.17) is 5.73 Å². The number of nitrogens with zero attached hydrogens (tertiary/aromatic N) is 2. The molecule has 1 aromatic heterocycles. The van der Waals surface area contributed by atoms with Gasteiger partial charge in [-0.25, -0.2) is 13.8 Å². The number of nitrogens with two attached hydrogens (primary N) is 1. The molecule has 0 saturated heterocycles. The van der Waals surface area contributed by atoms with E-state index in [0.717, 1.165) is 22.7 Å². The van der Waals surface area contributed by atoms with E-state index in [2.05, 4.69) is 20.9 Å². The number of fused-ring (bicyclic) bond motifs is 1. The Morgan fingerprint density at radius 1 is 1.11 bits per heavy atom. The van der Waals surface area contributed by atoms with Crippen LogP contribution in [0.15, 0.2) is 40.9 Å². The van der Waals surface area contributed by atoms with Crippen molar-refractivity contribution in [1.82, 2.24) is 9.55 Å². The fourth-order valence-corrected chi connectivity index (χ4v) is 2.33. The number of aromatic nitrogens is 2. The topological polar surface area (TPSA) is 43.8 Å². The quantitative estimate of drug-likeness (QED) is 0.742. The highest BCUT2D eigenvalue weighted by Crippen LogP contribution is 2.27. The number of hydrogen-bond acceptors (Lipinski definition) is 2. The fraction of sp³-hybridized carbons (Fsp3) is 0. The Morgan fingerprint density at radius 2 is 1.89 bits per heavy atom. The summed E-state index contributed by atoms with van der Waals surface area (Å²) >= 11 is 3.32. The largest absolute Gasteiger partial charge is 0.369 e. The van der Waals surface area contributed by atoms with Crippen LogP contribution in [0.2, 0.25) is 0 Å². The van der Waals surface area contributed by atoms with Gasteiger partial charge in [0.25, 0.3) is 0 Å². The van der Waals surface area contributed by atoms with Crippen molar-refractivity contribution in [2.75, 3.05) is 5.73 Å². The summed E-state index contributed by atoms with van der Waals surface area (Å²) in [5.41, 5.74) is 7.07. The van der Waals surface area contributed by atoms with Crippen LogP contribution in [0.1, 0.15) is 0 Å². The molecule has 2 aromatic carbocycles. The van der Waals surface area contributed by atoms with Crippen molar-refractivity contribution in [2.24, 2.45) is 0 Å². The molecule has 0 saturated carbocycles. The van der Waals surface area contributed by atoms with Gasteiger partial charge in [-0.05, 0) is 30.3 Å². The summed E-state index contributed by atoms with van der Waals surface area (Å²) < 4.78 is 29.4. The minimum atomic E-state index is -0.560. The first kappa shape index (κ1) is 12.1. The van der Waals surface area contributed by atoms with Crippen molar-refractivity contribution in [1.29, 1.82) is 0 Å². The van der Waals surface area contributed by atoms with E-state index in [1.165, 1.54) is 4.57 Å². The Labute approximate surface area is 115 Å². The lowest BCUT2D eigenvalue weighted by molar-refractivity contribution is 0.594. The molecule has 96 valence electrons. The summed E-state index contributed by atoms with van der Waals surface area (Å²) in [5, 5.41) is 0. The van der Waals surface area contributed by atoms with Gasteiger partial charge in [0.05, 0.1) is 16.7 Å². The first-order valence-corrected chi connectivity index (χ1v) is 6.24. The maximum absolute atomic E-state index is 13.8. The Kier molecular flexibility index (Phi) is 2.74. The van der Waals surface area contributed by atoms with Gasteiger partial charge >= 0.3 is 0 Å². The van der Waals surface area contributed by atoms with E-state index in [0.29, 0.717) is 11.0 Å². The highest BCUT2D eigenvalue weighted by atomic mass is 79.9. The van der Waals surface area contributed by atoms with Gasteiger partial charge in [-0.2, -0.15) is 0 Å². The Balaban J connectivity index is 2.36. The SMILES string of the molecule is Nc1nc2cc(Br)ccc2n1-c1cc(F)ccc1F. The zero-order chi connectivity index (χ0) is 13.6. The highest BCUT2D eigenvalue weighted by Gasteiger charge is 2.14. The summed E-state index contributed by atoms with van der Waals surface area (Å²) in [7, 11) is 0. The van der Waals surface area contributed by atoms with Crippen LogP contribution >= 0.6 is 15.9 Å². The predicted octanol–water partition coefficient (Wildman–Crippen LogP) is 3.65. The minimum Gasteiger partial charge on any atom is -0.369 e. The number of nitrogen functional groups attached to an aromatic ring is 1. The van der Waals surface area contributed by atoms with E-state index < -0.39 is 11.6 Å². The molecule has 3 nitrogen and oxygen atoms in total. The fourth-order valence-electron chi connectivity index (χ4n) is 1.98. The van der Waals surface area contributed by atoms with Gasteiger partial charge in [-0.15, -0.1) is 0 Å². The van der Waals surface area contributed by atoms with Crippen LogP contribution in [0.3, 0.4) is 0 Å². The first-order valence-electron chi connectivity index (χ1n) is 5.45. The van der Waals surface area contributed by atoms with Crippen molar-refractivity contribution in [3.05, 3.63) is 52.5 Å². The van der Waals surface area contributed by atoms with Crippen LogP contribution in [0.5, 0.6) is 0 Å². The average molecular weight is 324 g/mol. The van der Waals surface area contributed by atoms with Gasteiger partial charge in [0.1, 0.15) is 11.6 Å². The zero-order valence-electron chi connectivity index (χ0n) is 9.57. The summed E-state index contributed by atoms with van der Waals surface area (Å²) in [6.45, 7) is 0. The standard InChI is InChI=1S/C13H8BrF2N3/c14-7-1-4-11-10(5-7)18-13(17)19(11)12-6-8(15)2-3-9(12)16/h1-6H,(H2,17,18).